The number of fused-ring (bicyclic) bond motifs is 1. The molecule has 106 valence electrons. The molecule has 0 unspecified atom stereocenters. The highest BCUT2D eigenvalue weighted by molar-refractivity contribution is 5.79. The SMILES string of the molecule is C[C@@H](O)c1cc(F)ccc1Oc1ccc2cccnc2c1. The Hall–Kier alpha value is -2.46. The van der Waals surface area contributed by atoms with Gasteiger partial charge in [0, 0.05) is 23.2 Å². The van der Waals surface area contributed by atoms with Crippen LogP contribution < -0.4 is 4.74 Å². The molecule has 1 N–H and O–H groups in total. The van der Waals surface area contributed by atoms with Crippen LogP contribution in [0.15, 0.2) is 54.7 Å². The summed E-state index contributed by atoms with van der Waals surface area (Å²) in [5.74, 6) is 0.620. The first kappa shape index (κ1) is 13.5. The van der Waals surface area contributed by atoms with Crippen LogP contribution in [-0.2, 0) is 0 Å². The molecule has 0 bridgehead atoms. The largest absolute Gasteiger partial charge is 0.457 e. The molecule has 1 atom stereocenters. The fourth-order valence-electron chi connectivity index (χ4n) is 2.18. The highest BCUT2D eigenvalue weighted by Gasteiger charge is 2.11. The van der Waals surface area contributed by atoms with E-state index in [0.29, 0.717) is 17.1 Å². The van der Waals surface area contributed by atoms with Gasteiger partial charge in [0.25, 0.3) is 0 Å². The lowest BCUT2D eigenvalue weighted by Crippen LogP contribution is -1.97. The zero-order valence-corrected chi connectivity index (χ0v) is 11.5. The van der Waals surface area contributed by atoms with Crippen LogP contribution in [0.5, 0.6) is 11.5 Å². The molecular weight excluding hydrogens is 269 g/mol. The van der Waals surface area contributed by atoms with E-state index in [1.165, 1.54) is 18.2 Å². The topological polar surface area (TPSA) is 42.4 Å². The number of aromatic nitrogens is 1. The molecule has 3 rings (SSSR count). The number of aliphatic hydroxyl groups is 1. The number of nitrogens with zero attached hydrogens (tertiary/aromatic N) is 1. The molecule has 3 nitrogen and oxygen atoms in total. The summed E-state index contributed by atoms with van der Waals surface area (Å²) in [5.41, 5.74) is 1.23. The molecule has 0 fully saturated rings. The van der Waals surface area contributed by atoms with E-state index in [-0.39, 0.29) is 0 Å². The Morgan fingerprint density at radius 2 is 2.00 bits per heavy atom. The van der Waals surface area contributed by atoms with Crippen LogP contribution in [0.2, 0.25) is 0 Å². The third kappa shape index (κ3) is 2.85. The van der Waals surface area contributed by atoms with Gasteiger partial charge in [-0.1, -0.05) is 6.07 Å². The van der Waals surface area contributed by atoms with Gasteiger partial charge in [0.05, 0.1) is 11.6 Å². The Bertz CT molecular complexity index is 787. The summed E-state index contributed by atoms with van der Waals surface area (Å²) in [5, 5.41) is 10.7. The number of benzene rings is 2. The quantitative estimate of drug-likeness (QED) is 0.782. The van der Waals surface area contributed by atoms with E-state index in [2.05, 4.69) is 4.98 Å². The predicted molar refractivity (Wildman–Crippen MR) is 78.9 cm³/mol. The molecule has 21 heavy (non-hydrogen) atoms. The summed E-state index contributed by atoms with van der Waals surface area (Å²) in [4.78, 5) is 4.27. The molecule has 0 aliphatic heterocycles. The van der Waals surface area contributed by atoms with Gasteiger partial charge in [-0.15, -0.1) is 0 Å². The van der Waals surface area contributed by atoms with Gasteiger partial charge in [-0.2, -0.15) is 0 Å². The Labute approximate surface area is 121 Å². The summed E-state index contributed by atoms with van der Waals surface area (Å²) in [6.07, 6.45) is 0.903. The smallest absolute Gasteiger partial charge is 0.133 e. The lowest BCUT2D eigenvalue weighted by Gasteiger charge is -2.13. The first-order chi connectivity index (χ1) is 10.1. The summed E-state index contributed by atoms with van der Waals surface area (Å²) < 4.78 is 19.0. The summed E-state index contributed by atoms with van der Waals surface area (Å²) in [7, 11) is 0. The van der Waals surface area contributed by atoms with Crippen LogP contribution in [0.1, 0.15) is 18.6 Å². The van der Waals surface area contributed by atoms with Crippen LogP contribution in [0.25, 0.3) is 10.9 Å². The van der Waals surface area contributed by atoms with E-state index >= 15 is 0 Å². The average molecular weight is 283 g/mol. The molecule has 0 saturated heterocycles. The maximum Gasteiger partial charge on any atom is 0.133 e. The van der Waals surface area contributed by atoms with Crippen LogP contribution in [0.3, 0.4) is 0 Å². The second-order valence-corrected chi connectivity index (χ2v) is 4.82. The number of ether oxygens (including phenoxy) is 1. The molecule has 0 saturated carbocycles. The van der Waals surface area contributed by atoms with Crippen molar-refractivity contribution >= 4 is 10.9 Å². The van der Waals surface area contributed by atoms with Crippen molar-refractivity contribution in [3.63, 3.8) is 0 Å². The normalized spacial score (nSPS) is 12.3. The van der Waals surface area contributed by atoms with Gasteiger partial charge in [0.1, 0.15) is 17.3 Å². The van der Waals surface area contributed by atoms with Gasteiger partial charge in [-0.3, -0.25) is 4.98 Å². The van der Waals surface area contributed by atoms with Crippen molar-refractivity contribution in [3.8, 4) is 11.5 Å². The maximum absolute atomic E-state index is 13.3. The second kappa shape index (κ2) is 5.50. The molecule has 0 spiro atoms. The van der Waals surface area contributed by atoms with Crippen LogP contribution in [0, 0.1) is 5.82 Å². The van der Waals surface area contributed by atoms with Crippen molar-refractivity contribution in [2.24, 2.45) is 0 Å². The molecule has 1 aromatic heterocycles. The van der Waals surface area contributed by atoms with E-state index in [9.17, 15) is 9.50 Å². The molecular formula is C17H14FNO2. The van der Waals surface area contributed by atoms with Gasteiger partial charge in [-0.25, -0.2) is 4.39 Å². The molecule has 4 heteroatoms. The molecule has 0 radical (unpaired) electrons. The summed E-state index contributed by atoms with van der Waals surface area (Å²) >= 11 is 0. The van der Waals surface area contributed by atoms with Crippen LogP contribution >= 0.6 is 0 Å². The van der Waals surface area contributed by atoms with E-state index in [0.717, 1.165) is 10.9 Å². The minimum Gasteiger partial charge on any atom is -0.457 e. The molecule has 0 amide bonds. The zero-order chi connectivity index (χ0) is 14.8. The predicted octanol–water partition coefficient (Wildman–Crippen LogP) is 4.22. The van der Waals surface area contributed by atoms with Crippen molar-refractivity contribution in [3.05, 3.63) is 66.1 Å². The van der Waals surface area contributed by atoms with Crippen molar-refractivity contribution in [2.45, 2.75) is 13.0 Å². The van der Waals surface area contributed by atoms with Crippen molar-refractivity contribution in [2.75, 3.05) is 0 Å². The standard InChI is InChI=1S/C17H14FNO2/c1-11(20)15-9-13(18)5-7-17(15)21-14-6-4-12-3-2-8-19-16(12)10-14/h2-11,20H,1H3/t11-/m1/s1. The van der Waals surface area contributed by atoms with E-state index in [1.54, 1.807) is 13.1 Å². The summed E-state index contributed by atoms with van der Waals surface area (Å²) in [6.45, 7) is 1.57. The number of halogens is 1. The average Bonchev–Trinajstić information content (AvgIpc) is 2.49. The molecule has 2 aromatic carbocycles. The molecule has 0 aliphatic rings. The molecule has 0 aliphatic carbocycles. The highest BCUT2D eigenvalue weighted by Crippen LogP contribution is 2.31. The lowest BCUT2D eigenvalue weighted by molar-refractivity contribution is 0.195. The van der Waals surface area contributed by atoms with Crippen molar-refractivity contribution < 1.29 is 14.2 Å². The highest BCUT2D eigenvalue weighted by atomic mass is 19.1. The van der Waals surface area contributed by atoms with Crippen molar-refractivity contribution in [1.29, 1.82) is 0 Å². The van der Waals surface area contributed by atoms with Gasteiger partial charge >= 0.3 is 0 Å². The lowest BCUT2D eigenvalue weighted by atomic mass is 10.1. The zero-order valence-electron chi connectivity index (χ0n) is 11.5. The monoisotopic (exact) mass is 283 g/mol. The van der Waals surface area contributed by atoms with E-state index in [4.69, 9.17) is 4.74 Å². The minimum absolute atomic E-state index is 0.404. The minimum atomic E-state index is -0.811. The maximum atomic E-state index is 13.3. The van der Waals surface area contributed by atoms with Crippen LogP contribution in [0.4, 0.5) is 4.39 Å². The number of hydrogen-bond acceptors (Lipinski definition) is 3. The Morgan fingerprint density at radius 3 is 2.81 bits per heavy atom. The van der Waals surface area contributed by atoms with Gasteiger partial charge in [0.2, 0.25) is 0 Å². The van der Waals surface area contributed by atoms with Gasteiger partial charge in [-0.05, 0) is 43.3 Å². The van der Waals surface area contributed by atoms with Gasteiger partial charge < -0.3 is 9.84 Å². The first-order valence-corrected chi connectivity index (χ1v) is 6.63. The fourth-order valence-corrected chi connectivity index (χ4v) is 2.18. The van der Waals surface area contributed by atoms with Crippen LogP contribution in [-0.4, -0.2) is 10.1 Å². The summed E-state index contributed by atoms with van der Waals surface area (Å²) in [6, 6.07) is 13.5. The number of aliphatic hydroxyl groups excluding tert-OH is 1. The third-order valence-electron chi connectivity index (χ3n) is 3.23. The van der Waals surface area contributed by atoms with E-state index < -0.39 is 11.9 Å². The van der Waals surface area contributed by atoms with E-state index in [1.807, 2.05) is 30.3 Å². The third-order valence-corrected chi connectivity index (χ3v) is 3.23. The second-order valence-electron chi connectivity index (χ2n) is 4.82. The Morgan fingerprint density at radius 1 is 1.14 bits per heavy atom. The molecule has 1 heterocycles. The fraction of sp³-hybridized carbons (Fsp3) is 0.118. The Kier molecular flexibility index (Phi) is 3.54. The molecule has 3 aromatic rings. The van der Waals surface area contributed by atoms with Gasteiger partial charge in [0.15, 0.2) is 0 Å². The number of rotatable bonds is 3. The van der Waals surface area contributed by atoms with Crippen molar-refractivity contribution in [1.82, 2.24) is 4.98 Å². The number of hydrogen-bond donors (Lipinski definition) is 1. The Balaban J connectivity index is 1.98. The number of pyridine rings is 1. The first-order valence-electron chi connectivity index (χ1n) is 6.63.